The molecule has 3 amide bonds. The normalized spacial score (nSPS) is 31.4. The van der Waals surface area contributed by atoms with Crippen LogP contribution in [0.3, 0.4) is 0 Å². The van der Waals surface area contributed by atoms with Crippen LogP contribution in [0.25, 0.3) is 0 Å². The summed E-state index contributed by atoms with van der Waals surface area (Å²) in [5.74, 6) is 2.03. The van der Waals surface area contributed by atoms with Gasteiger partial charge in [-0.3, -0.25) is 14.4 Å². The first-order chi connectivity index (χ1) is 14.3. The topological polar surface area (TPSA) is 95.7 Å². The van der Waals surface area contributed by atoms with Gasteiger partial charge in [0.15, 0.2) is 0 Å². The van der Waals surface area contributed by atoms with Crippen LogP contribution in [-0.4, -0.2) is 65.8 Å². The lowest BCUT2D eigenvalue weighted by molar-refractivity contribution is -0.142. The minimum atomic E-state index is -0.142. The molecular weight excluding hydrogens is 380 g/mol. The van der Waals surface area contributed by atoms with E-state index in [0.29, 0.717) is 57.4 Å². The van der Waals surface area contributed by atoms with Crippen molar-refractivity contribution in [1.29, 1.82) is 0 Å². The molecule has 3 N–H and O–H groups in total. The fourth-order valence-electron chi connectivity index (χ4n) is 6.10. The molecule has 3 fully saturated rings. The molecule has 30 heavy (non-hydrogen) atoms. The first-order valence-electron chi connectivity index (χ1n) is 11.9. The summed E-state index contributed by atoms with van der Waals surface area (Å²) in [7, 11) is 0. The molecule has 0 aromatic carbocycles. The predicted molar refractivity (Wildman–Crippen MR) is 116 cm³/mol. The van der Waals surface area contributed by atoms with E-state index in [2.05, 4.69) is 19.2 Å². The van der Waals surface area contributed by atoms with Gasteiger partial charge in [0.05, 0.1) is 0 Å². The van der Waals surface area contributed by atoms with Crippen LogP contribution < -0.4 is 11.1 Å². The maximum absolute atomic E-state index is 12.8. The van der Waals surface area contributed by atoms with Crippen LogP contribution in [0.1, 0.15) is 71.6 Å². The van der Waals surface area contributed by atoms with E-state index >= 15 is 0 Å². The fraction of sp³-hybridized carbons (Fsp3) is 0.870. The number of nitrogens with two attached hydrogens (primary N) is 1. The van der Waals surface area contributed by atoms with Crippen molar-refractivity contribution in [2.75, 3.05) is 32.7 Å². The average molecular weight is 421 g/mol. The van der Waals surface area contributed by atoms with Gasteiger partial charge in [-0.1, -0.05) is 13.8 Å². The van der Waals surface area contributed by atoms with E-state index in [1.807, 2.05) is 0 Å². The van der Waals surface area contributed by atoms with Crippen molar-refractivity contribution >= 4 is 17.7 Å². The van der Waals surface area contributed by atoms with Crippen molar-refractivity contribution in [3.8, 4) is 0 Å². The third kappa shape index (κ3) is 5.74. The van der Waals surface area contributed by atoms with Crippen LogP contribution in [-0.2, 0) is 14.4 Å². The lowest BCUT2D eigenvalue weighted by Crippen LogP contribution is -2.55. The number of nitrogens with one attached hydrogen (secondary N) is 1. The van der Waals surface area contributed by atoms with Crippen LogP contribution in [0.5, 0.6) is 0 Å². The average Bonchev–Trinajstić information content (AvgIpc) is 2.71. The largest absolute Gasteiger partial charge is 0.350 e. The molecule has 1 aliphatic heterocycles. The molecular formula is C23H40N4O3. The monoisotopic (exact) mass is 420 g/mol. The summed E-state index contributed by atoms with van der Waals surface area (Å²) >= 11 is 0. The number of hydrogen-bond donors (Lipinski definition) is 2. The lowest BCUT2D eigenvalue weighted by Gasteiger charge is -2.49. The van der Waals surface area contributed by atoms with Crippen LogP contribution in [0, 0.1) is 17.8 Å². The molecule has 2 saturated carbocycles. The second kappa shape index (κ2) is 10.1. The zero-order chi connectivity index (χ0) is 21.7. The van der Waals surface area contributed by atoms with Crippen LogP contribution >= 0.6 is 0 Å². The van der Waals surface area contributed by atoms with Crippen molar-refractivity contribution in [3.63, 3.8) is 0 Å². The highest BCUT2D eigenvalue weighted by Crippen LogP contribution is 2.47. The van der Waals surface area contributed by atoms with E-state index in [9.17, 15) is 14.4 Å². The first kappa shape index (κ1) is 23.0. The molecule has 7 heteroatoms. The Morgan fingerprint density at radius 3 is 2.07 bits per heavy atom. The summed E-state index contributed by atoms with van der Waals surface area (Å²) in [6.45, 7) is 7.10. The molecule has 1 saturated heterocycles. The zero-order valence-corrected chi connectivity index (χ0v) is 18.8. The number of carbonyl (C=O) groups excluding carboxylic acids is 3. The van der Waals surface area contributed by atoms with Crippen LogP contribution in [0.4, 0.5) is 0 Å². The molecule has 0 spiro atoms. The molecule has 2 aliphatic carbocycles. The molecule has 7 nitrogen and oxygen atoms in total. The maximum atomic E-state index is 12.8. The number of piperazine rings is 1. The van der Waals surface area contributed by atoms with E-state index in [1.54, 1.807) is 9.80 Å². The minimum absolute atomic E-state index is 0.0887. The standard InChI is InChI=1S/C23H40N4O3/c1-3-23(15-18-11-17(2)12-19(13-18)16-23)25-20(28)14-22(30)27-9-7-26(8-10-27)21(29)5-4-6-24/h17-19H,3-16,24H2,1-2H3,(H,25,28). The molecule has 1 heterocycles. The Balaban J connectivity index is 1.46. The third-order valence-corrected chi connectivity index (χ3v) is 7.47. The van der Waals surface area contributed by atoms with Gasteiger partial charge in [-0.05, 0) is 69.2 Å². The number of nitrogens with zero attached hydrogens (tertiary/aromatic N) is 2. The van der Waals surface area contributed by atoms with Gasteiger partial charge in [0.2, 0.25) is 17.7 Å². The summed E-state index contributed by atoms with van der Waals surface area (Å²) in [6.07, 6.45) is 7.93. The Bertz CT molecular complexity index is 612. The van der Waals surface area contributed by atoms with E-state index in [1.165, 1.54) is 19.3 Å². The number of hydrogen-bond acceptors (Lipinski definition) is 4. The Labute approximate surface area is 181 Å². The summed E-state index contributed by atoms with van der Waals surface area (Å²) < 4.78 is 0. The van der Waals surface area contributed by atoms with Gasteiger partial charge < -0.3 is 20.9 Å². The second-order valence-corrected chi connectivity index (χ2v) is 9.97. The highest BCUT2D eigenvalue weighted by molar-refractivity contribution is 5.97. The van der Waals surface area contributed by atoms with Crippen molar-refractivity contribution in [1.82, 2.24) is 15.1 Å². The van der Waals surface area contributed by atoms with Crippen molar-refractivity contribution in [2.24, 2.45) is 23.5 Å². The maximum Gasteiger partial charge on any atom is 0.232 e. The molecule has 2 bridgehead atoms. The number of carbonyl (C=O) groups is 3. The van der Waals surface area contributed by atoms with Gasteiger partial charge in [0.25, 0.3) is 0 Å². The van der Waals surface area contributed by atoms with Gasteiger partial charge in [-0.25, -0.2) is 0 Å². The summed E-state index contributed by atoms with van der Waals surface area (Å²) in [6, 6.07) is 0. The molecule has 0 radical (unpaired) electrons. The molecule has 0 aromatic rings. The number of rotatable bonds is 7. The van der Waals surface area contributed by atoms with Gasteiger partial charge in [0.1, 0.15) is 6.42 Å². The zero-order valence-electron chi connectivity index (χ0n) is 18.8. The molecule has 170 valence electrons. The Morgan fingerprint density at radius 2 is 1.53 bits per heavy atom. The summed E-state index contributed by atoms with van der Waals surface area (Å²) in [5.41, 5.74) is 5.33. The SMILES string of the molecule is CCC1(NC(=O)CC(=O)N2CCN(C(=O)CCCN)CC2)CC2CC(C)CC(C2)C1. The first-order valence-corrected chi connectivity index (χ1v) is 11.9. The molecule has 3 aliphatic rings. The smallest absolute Gasteiger partial charge is 0.232 e. The second-order valence-electron chi connectivity index (χ2n) is 9.97. The fourth-order valence-corrected chi connectivity index (χ4v) is 6.10. The number of fused-ring (bicyclic) bond motifs is 2. The third-order valence-electron chi connectivity index (χ3n) is 7.47. The molecule has 0 aromatic heterocycles. The van der Waals surface area contributed by atoms with Gasteiger partial charge in [0, 0.05) is 38.1 Å². The predicted octanol–water partition coefficient (Wildman–Crippen LogP) is 1.90. The van der Waals surface area contributed by atoms with Crippen molar-refractivity contribution < 1.29 is 14.4 Å². The van der Waals surface area contributed by atoms with Crippen molar-refractivity contribution in [2.45, 2.75) is 77.2 Å². The Hall–Kier alpha value is -1.63. The van der Waals surface area contributed by atoms with Gasteiger partial charge in [-0.2, -0.15) is 0 Å². The quantitative estimate of drug-likeness (QED) is 0.615. The summed E-state index contributed by atoms with van der Waals surface area (Å²) in [5, 5.41) is 3.28. The molecule has 2 atom stereocenters. The van der Waals surface area contributed by atoms with Crippen LogP contribution in [0.2, 0.25) is 0 Å². The van der Waals surface area contributed by atoms with Crippen molar-refractivity contribution in [3.05, 3.63) is 0 Å². The minimum Gasteiger partial charge on any atom is -0.350 e. The van der Waals surface area contributed by atoms with E-state index in [0.717, 1.165) is 25.2 Å². The molecule has 2 unspecified atom stereocenters. The van der Waals surface area contributed by atoms with E-state index in [4.69, 9.17) is 5.73 Å². The summed E-state index contributed by atoms with van der Waals surface area (Å²) in [4.78, 5) is 41.1. The van der Waals surface area contributed by atoms with E-state index in [-0.39, 0.29) is 29.7 Å². The Morgan fingerprint density at radius 1 is 0.967 bits per heavy atom. The molecule has 3 rings (SSSR count). The Kier molecular flexibility index (Phi) is 7.77. The highest BCUT2D eigenvalue weighted by atomic mass is 16.2. The lowest BCUT2D eigenvalue weighted by atomic mass is 9.61. The van der Waals surface area contributed by atoms with E-state index < -0.39 is 0 Å². The highest BCUT2D eigenvalue weighted by Gasteiger charge is 2.43. The van der Waals surface area contributed by atoms with Crippen LogP contribution in [0.15, 0.2) is 0 Å². The van der Waals surface area contributed by atoms with Gasteiger partial charge in [-0.15, -0.1) is 0 Å². The number of amides is 3. The van der Waals surface area contributed by atoms with Gasteiger partial charge >= 0.3 is 0 Å².